The van der Waals surface area contributed by atoms with E-state index in [1.807, 2.05) is 18.2 Å². The molecule has 6 heteroatoms. The van der Waals surface area contributed by atoms with Crippen LogP contribution in [0.25, 0.3) is 0 Å². The maximum Gasteiger partial charge on any atom is 0.234 e. The summed E-state index contributed by atoms with van der Waals surface area (Å²) in [6.07, 6.45) is 0. The summed E-state index contributed by atoms with van der Waals surface area (Å²) < 4.78 is 23.7. The van der Waals surface area contributed by atoms with Crippen molar-refractivity contribution in [2.24, 2.45) is 5.92 Å². The van der Waals surface area contributed by atoms with Crippen molar-refractivity contribution in [2.45, 2.75) is 26.4 Å². The predicted octanol–water partition coefficient (Wildman–Crippen LogP) is 3.16. The van der Waals surface area contributed by atoms with Crippen LogP contribution in [-0.2, 0) is 11.3 Å². The number of carbonyl (C=O) groups is 1. The molecule has 0 radical (unpaired) electrons. The van der Waals surface area contributed by atoms with Crippen LogP contribution in [0.4, 0.5) is 4.39 Å². The van der Waals surface area contributed by atoms with Crippen molar-refractivity contribution in [3.05, 3.63) is 59.4 Å². The number of amides is 1. The largest absolute Gasteiger partial charge is 0.454 e. The molecule has 1 aliphatic rings. The van der Waals surface area contributed by atoms with E-state index < -0.39 is 0 Å². The van der Waals surface area contributed by atoms with Gasteiger partial charge >= 0.3 is 0 Å². The second-order valence-corrected chi connectivity index (χ2v) is 6.62. The number of fused-ring (bicyclic) bond motifs is 1. The summed E-state index contributed by atoms with van der Waals surface area (Å²) in [5.74, 6) is 1.32. The predicted molar refractivity (Wildman–Crippen MR) is 96.4 cm³/mol. The molecule has 5 nitrogen and oxygen atoms in total. The van der Waals surface area contributed by atoms with Crippen LogP contribution >= 0.6 is 0 Å². The van der Waals surface area contributed by atoms with E-state index in [-0.39, 0.29) is 37.0 Å². The lowest BCUT2D eigenvalue weighted by molar-refractivity contribution is -0.120. The Bertz CT molecular complexity index is 762. The topological polar surface area (TPSA) is 59.6 Å². The highest BCUT2D eigenvalue weighted by Crippen LogP contribution is 2.32. The van der Waals surface area contributed by atoms with Gasteiger partial charge in [0.1, 0.15) is 5.82 Å². The van der Waals surface area contributed by atoms with Gasteiger partial charge in [-0.15, -0.1) is 0 Å². The lowest BCUT2D eigenvalue weighted by Crippen LogP contribution is -2.37. The highest BCUT2D eigenvalue weighted by molar-refractivity contribution is 5.78. The van der Waals surface area contributed by atoms with Gasteiger partial charge in [0.15, 0.2) is 11.5 Å². The second kappa shape index (κ2) is 8.19. The average Bonchev–Trinajstić information content (AvgIpc) is 3.09. The van der Waals surface area contributed by atoms with Gasteiger partial charge in [0.2, 0.25) is 12.7 Å². The first kappa shape index (κ1) is 18.2. The third-order valence-electron chi connectivity index (χ3n) is 4.30. The molecule has 1 heterocycles. The van der Waals surface area contributed by atoms with Gasteiger partial charge in [0.25, 0.3) is 0 Å². The zero-order valence-electron chi connectivity index (χ0n) is 14.9. The van der Waals surface area contributed by atoms with E-state index in [4.69, 9.17) is 9.47 Å². The zero-order chi connectivity index (χ0) is 18.5. The number of rotatable bonds is 7. The highest BCUT2D eigenvalue weighted by atomic mass is 19.1. The molecule has 26 heavy (non-hydrogen) atoms. The van der Waals surface area contributed by atoms with Gasteiger partial charge in [0.05, 0.1) is 6.54 Å². The molecule has 1 aliphatic heterocycles. The first-order chi connectivity index (χ1) is 12.5. The molecule has 2 aromatic rings. The third kappa shape index (κ3) is 4.52. The van der Waals surface area contributed by atoms with Crippen LogP contribution in [0.3, 0.4) is 0 Å². The van der Waals surface area contributed by atoms with Crippen LogP contribution < -0.4 is 20.1 Å². The maximum absolute atomic E-state index is 13.1. The summed E-state index contributed by atoms with van der Waals surface area (Å²) in [6.45, 7) is 4.96. The molecular weight excluding hydrogens is 335 g/mol. The van der Waals surface area contributed by atoms with Crippen molar-refractivity contribution in [1.82, 2.24) is 10.6 Å². The van der Waals surface area contributed by atoms with Crippen LogP contribution in [0.5, 0.6) is 11.5 Å². The minimum absolute atomic E-state index is 0.0214. The van der Waals surface area contributed by atoms with E-state index in [1.165, 1.54) is 12.1 Å². The zero-order valence-corrected chi connectivity index (χ0v) is 14.9. The molecule has 0 unspecified atom stereocenters. The summed E-state index contributed by atoms with van der Waals surface area (Å²) in [5, 5.41) is 6.14. The molecule has 138 valence electrons. The molecule has 2 N–H and O–H groups in total. The number of benzene rings is 2. The SMILES string of the molecule is CC(C)[C@H](NCC(=O)NCc1ccc2c(c1)OCO2)c1ccc(F)cc1. The first-order valence-corrected chi connectivity index (χ1v) is 8.67. The number of halogens is 1. The highest BCUT2D eigenvalue weighted by Gasteiger charge is 2.17. The van der Waals surface area contributed by atoms with E-state index in [1.54, 1.807) is 12.1 Å². The maximum atomic E-state index is 13.1. The smallest absolute Gasteiger partial charge is 0.234 e. The molecule has 0 bridgehead atoms. The summed E-state index contributed by atoms with van der Waals surface area (Å²) >= 11 is 0. The monoisotopic (exact) mass is 358 g/mol. The van der Waals surface area contributed by atoms with Crippen molar-refractivity contribution in [3.63, 3.8) is 0 Å². The quantitative estimate of drug-likeness (QED) is 0.798. The lowest BCUT2D eigenvalue weighted by Gasteiger charge is -2.22. The van der Waals surface area contributed by atoms with Crippen molar-refractivity contribution in [2.75, 3.05) is 13.3 Å². The Kier molecular flexibility index (Phi) is 5.73. The molecule has 0 saturated carbocycles. The molecule has 2 aromatic carbocycles. The Morgan fingerprint density at radius 3 is 2.58 bits per heavy atom. The van der Waals surface area contributed by atoms with E-state index in [0.717, 1.165) is 16.9 Å². The van der Waals surface area contributed by atoms with Crippen LogP contribution in [0.15, 0.2) is 42.5 Å². The van der Waals surface area contributed by atoms with E-state index in [9.17, 15) is 9.18 Å². The van der Waals surface area contributed by atoms with Gasteiger partial charge < -0.3 is 20.1 Å². The van der Waals surface area contributed by atoms with Crippen LogP contribution in [0.1, 0.15) is 31.0 Å². The van der Waals surface area contributed by atoms with E-state index >= 15 is 0 Å². The summed E-state index contributed by atoms with van der Waals surface area (Å²) in [7, 11) is 0. The summed E-state index contributed by atoms with van der Waals surface area (Å²) in [5.41, 5.74) is 1.91. The minimum Gasteiger partial charge on any atom is -0.454 e. The van der Waals surface area contributed by atoms with Gasteiger partial charge in [-0.05, 0) is 41.3 Å². The van der Waals surface area contributed by atoms with Crippen molar-refractivity contribution < 1.29 is 18.7 Å². The first-order valence-electron chi connectivity index (χ1n) is 8.67. The normalized spacial score (nSPS) is 13.7. The molecular formula is C20H23FN2O3. The van der Waals surface area contributed by atoms with Crippen molar-refractivity contribution >= 4 is 5.91 Å². The molecule has 1 amide bonds. The molecule has 3 rings (SSSR count). The number of carbonyl (C=O) groups excluding carboxylic acids is 1. The van der Waals surface area contributed by atoms with Crippen LogP contribution in [0, 0.1) is 11.7 Å². The molecule has 0 spiro atoms. The van der Waals surface area contributed by atoms with Crippen LogP contribution in [-0.4, -0.2) is 19.2 Å². The van der Waals surface area contributed by atoms with Gasteiger partial charge in [-0.3, -0.25) is 4.79 Å². The van der Waals surface area contributed by atoms with E-state index in [2.05, 4.69) is 24.5 Å². The average molecular weight is 358 g/mol. The third-order valence-corrected chi connectivity index (χ3v) is 4.30. The fourth-order valence-electron chi connectivity index (χ4n) is 2.93. The summed E-state index contributed by atoms with van der Waals surface area (Å²) in [4.78, 5) is 12.2. The Hall–Kier alpha value is -2.60. The Labute approximate surface area is 152 Å². The van der Waals surface area contributed by atoms with Gasteiger partial charge in [-0.25, -0.2) is 4.39 Å². The Morgan fingerprint density at radius 2 is 1.85 bits per heavy atom. The summed E-state index contributed by atoms with van der Waals surface area (Å²) in [6, 6.07) is 12.0. The molecule has 0 fully saturated rings. The van der Waals surface area contributed by atoms with Crippen molar-refractivity contribution in [1.29, 1.82) is 0 Å². The number of hydrogen-bond donors (Lipinski definition) is 2. The number of nitrogens with one attached hydrogen (secondary N) is 2. The fraction of sp³-hybridized carbons (Fsp3) is 0.350. The van der Waals surface area contributed by atoms with Gasteiger partial charge in [0, 0.05) is 12.6 Å². The number of hydrogen-bond acceptors (Lipinski definition) is 4. The molecule has 0 saturated heterocycles. The molecule has 0 aromatic heterocycles. The minimum atomic E-state index is -0.266. The van der Waals surface area contributed by atoms with Crippen molar-refractivity contribution in [3.8, 4) is 11.5 Å². The van der Waals surface area contributed by atoms with Gasteiger partial charge in [-0.1, -0.05) is 32.0 Å². The van der Waals surface area contributed by atoms with Gasteiger partial charge in [-0.2, -0.15) is 0 Å². The molecule has 1 atom stereocenters. The Morgan fingerprint density at radius 1 is 1.12 bits per heavy atom. The molecule has 0 aliphatic carbocycles. The second-order valence-electron chi connectivity index (χ2n) is 6.62. The van der Waals surface area contributed by atoms with E-state index in [0.29, 0.717) is 12.3 Å². The standard InChI is InChI=1S/C20H23FN2O3/c1-13(2)20(15-4-6-16(21)7-5-15)23-11-19(24)22-10-14-3-8-17-18(9-14)26-12-25-17/h3-9,13,20,23H,10-12H2,1-2H3,(H,22,24)/t20-/m0/s1. The fourth-order valence-corrected chi connectivity index (χ4v) is 2.93. The lowest BCUT2D eigenvalue weighted by atomic mass is 9.96. The number of ether oxygens (including phenoxy) is 2. The van der Waals surface area contributed by atoms with Crippen LogP contribution in [0.2, 0.25) is 0 Å². The Balaban J connectivity index is 1.51.